The van der Waals surface area contributed by atoms with Crippen LogP contribution in [-0.2, 0) is 4.74 Å². The zero-order chi connectivity index (χ0) is 13.9. The zero-order valence-corrected chi connectivity index (χ0v) is 11.6. The Balaban J connectivity index is 2.06. The molecule has 1 atom stereocenters. The predicted octanol–water partition coefficient (Wildman–Crippen LogP) is 2.64. The van der Waals surface area contributed by atoms with Gasteiger partial charge in [-0.05, 0) is 19.8 Å². The van der Waals surface area contributed by atoms with Crippen molar-refractivity contribution in [1.29, 1.82) is 0 Å². The minimum Gasteiger partial charge on any atom is -0.381 e. The van der Waals surface area contributed by atoms with Gasteiger partial charge in [-0.15, -0.1) is 0 Å². The van der Waals surface area contributed by atoms with Crippen LogP contribution in [-0.4, -0.2) is 23.2 Å². The molecule has 1 unspecified atom stereocenters. The summed E-state index contributed by atoms with van der Waals surface area (Å²) in [6.45, 7) is 3.26. The number of benzene rings is 1. The third kappa shape index (κ3) is 2.51. The van der Waals surface area contributed by atoms with E-state index in [-0.39, 0.29) is 11.5 Å². The molecule has 1 saturated heterocycles. The highest BCUT2D eigenvalue weighted by Crippen LogP contribution is 2.25. The second-order valence-electron chi connectivity index (χ2n) is 5.20. The van der Waals surface area contributed by atoms with Crippen LogP contribution < -0.4 is 5.56 Å². The summed E-state index contributed by atoms with van der Waals surface area (Å²) in [6.07, 6.45) is 2.03. The molecule has 1 N–H and O–H groups in total. The van der Waals surface area contributed by atoms with Gasteiger partial charge in [0.15, 0.2) is 0 Å². The monoisotopic (exact) mass is 270 g/mol. The number of nitrogens with zero attached hydrogens (tertiary/aromatic N) is 1. The van der Waals surface area contributed by atoms with Crippen molar-refractivity contribution in [3.05, 3.63) is 52.1 Å². The lowest BCUT2D eigenvalue weighted by Gasteiger charge is -2.21. The average Bonchev–Trinajstić information content (AvgIpc) is 2.51. The van der Waals surface area contributed by atoms with E-state index in [1.54, 1.807) is 0 Å². The van der Waals surface area contributed by atoms with Crippen LogP contribution in [0.3, 0.4) is 0 Å². The Bertz CT molecular complexity index is 643. The van der Waals surface area contributed by atoms with E-state index in [9.17, 15) is 4.79 Å². The van der Waals surface area contributed by atoms with Gasteiger partial charge in [0.25, 0.3) is 5.56 Å². The van der Waals surface area contributed by atoms with Crippen LogP contribution in [0.15, 0.2) is 35.1 Å². The van der Waals surface area contributed by atoms with Gasteiger partial charge in [-0.25, -0.2) is 4.98 Å². The topological polar surface area (TPSA) is 55.0 Å². The Labute approximate surface area is 117 Å². The molecule has 20 heavy (non-hydrogen) atoms. The maximum absolute atomic E-state index is 12.1. The standard InChI is InChI=1S/C16H18N2O2/c1-11-14(12-6-3-2-4-7-12)17-15(18-16(11)19)13-8-5-9-20-10-13/h2-4,6-7,13H,5,8-10H2,1H3,(H,17,18,19). The van der Waals surface area contributed by atoms with Gasteiger partial charge in [-0.2, -0.15) is 0 Å². The molecule has 0 amide bonds. The molecule has 1 aromatic heterocycles. The molecule has 4 nitrogen and oxygen atoms in total. The fraction of sp³-hybridized carbons (Fsp3) is 0.375. The summed E-state index contributed by atoms with van der Waals surface area (Å²) in [5, 5.41) is 0. The third-order valence-corrected chi connectivity index (χ3v) is 3.76. The third-order valence-electron chi connectivity index (χ3n) is 3.76. The molecule has 0 spiro atoms. The van der Waals surface area contributed by atoms with Crippen molar-refractivity contribution in [3.8, 4) is 11.3 Å². The van der Waals surface area contributed by atoms with Gasteiger partial charge in [0.05, 0.1) is 12.3 Å². The van der Waals surface area contributed by atoms with E-state index in [0.29, 0.717) is 12.2 Å². The molecular weight excluding hydrogens is 252 g/mol. The lowest BCUT2D eigenvalue weighted by atomic mass is 10.0. The van der Waals surface area contributed by atoms with Gasteiger partial charge in [0.2, 0.25) is 0 Å². The summed E-state index contributed by atoms with van der Waals surface area (Å²) in [5.41, 5.74) is 2.36. The number of hydrogen-bond acceptors (Lipinski definition) is 3. The van der Waals surface area contributed by atoms with E-state index < -0.39 is 0 Å². The van der Waals surface area contributed by atoms with Crippen LogP contribution in [0.4, 0.5) is 0 Å². The highest BCUT2D eigenvalue weighted by Gasteiger charge is 2.20. The molecule has 0 bridgehead atoms. The first-order chi connectivity index (χ1) is 9.75. The number of ether oxygens (including phenoxy) is 1. The number of rotatable bonds is 2. The highest BCUT2D eigenvalue weighted by atomic mass is 16.5. The lowest BCUT2D eigenvalue weighted by Crippen LogP contribution is -2.23. The van der Waals surface area contributed by atoms with Crippen LogP contribution in [0.5, 0.6) is 0 Å². The van der Waals surface area contributed by atoms with Crippen molar-refractivity contribution in [2.24, 2.45) is 0 Å². The summed E-state index contributed by atoms with van der Waals surface area (Å²) < 4.78 is 5.49. The van der Waals surface area contributed by atoms with Gasteiger partial charge in [0.1, 0.15) is 5.82 Å². The van der Waals surface area contributed by atoms with Gasteiger partial charge < -0.3 is 9.72 Å². The number of H-pyrrole nitrogens is 1. The molecule has 1 aliphatic rings. The minimum absolute atomic E-state index is 0.0561. The van der Waals surface area contributed by atoms with Crippen molar-refractivity contribution in [1.82, 2.24) is 9.97 Å². The summed E-state index contributed by atoms with van der Waals surface area (Å²) in [7, 11) is 0. The first kappa shape index (κ1) is 13.1. The predicted molar refractivity (Wildman–Crippen MR) is 77.8 cm³/mol. The molecule has 104 valence electrons. The maximum Gasteiger partial charge on any atom is 0.254 e. The minimum atomic E-state index is -0.0561. The van der Waals surface area contributed by atoms with Crippen LogP contribution in [0, 0.1) is 6.92 Å². The van der Waals surface area contributed by atoms with E-state index in [2.05, 4.69) is 4.98 Å². The summed E-state index contributed by atoms with van der Waals surface area (Å²) in [5.74, 6) is 0.943. The molecule has 0 saturated carbocycles. The van der Waals surface area contributed by atoms with Crippen molar-refractivity contribution >= 4 is 0 Å². The average molecular weight is 270 g/mol. The zero-order valence-electron chi connectivity index (χ0n) is 11.6. The van der Waals surface area contributed by atoms with E-state index >= 15 is 0 Å². The molecule has 1 fully saturated rings. The Morgan fingerprint density at radius 2 is 2.10 bits per heavy atom. The lowest BCUT2D eigenvalue weighted by molar-refractivity contribution is 0.0780. The van der Waals surface area contributed by atoms with E-state index in [0.717, 1.165) is 36.5 Å². The highest BCUT2D eigenvalue weighted by molar-refractivity contribution is 5.62. The molecule has 2 aromatic rings. The maximum atomic E-state index is 12.1. The molecule has 0 aliphatic carbocycles. The Morgan fingerprint density at radius 1 is 1.30 bits per heavy atom. The fourth-order valence-electron chi connectivity index (χ4n) is 2.58. The fourth-order valence-corrected chi connectivity index (χ4v) is 2.58. The Hall–Kier alpha value is -1.94. The van der Waals surface area contributed by atoms with Crippen molar-refractivity contribution in [3.63, 3.8) is 0 Å². The number of aromatic nitrogens is 2. The molecule has 3 rings (SSSR count). The van der Waals surface area contributed by atoms with E-state index in [1.807, 2.05) is 37.3 Å². The number of hydrogen-bond donors (Lipinski definition) is 1. The molecule has 0 radical (unpaired) electrons. The van der Waals surface area contributed by atoms with Gasteiger partial charge >= 0.3 is 0 Å². The summed E-state index contributed by atoms with van der Waals surface area (Å²) >= 11 is 0. The van der Waals surface area contributed by atoms with Crippen molar-refractivity contribution < 1.29 is 4.74 Å². The van der Waals surface area contributed by atoms with Crippen LogP contribution >= 0.6 is 0 Å². The molecule has 1 aliphatic heterocycles. The number of aromatic amines is 1. The Kier molecular flexibility index (Phi) is 3.65. The number of nitrogens with one attached hydrogen (secondary N) is 1. The van der Waals surface area contributed by atoms with Crippen LogP contribution in [0.25, 0.3) is 11.3 Å². The first-order valence-corrected chi connectivity index (χ1v) is 6.99. The normalized spacial score (nSPS) is 18.9. The summed E-state index contributed by atoms with van der Waals surface area (Å²) in [4.78, 5) is 19.7. The van der Waals surface area contributed by atoms with Gasteiger partial charge in [-0.1, -0.05) is 30.3 Å². The second kappa shape index (κ2) is 5.59. The SMILES string of the molecule is Cc1c(-c2ccccc2)nc(C2CCCOC2)[nH]c1=O. The van der Waals surface area contributed by atoms with Crippen LogP contribution in [0.2, 0.25) is 0 Å². The molecule has 2 heterocycles. The Morgan fingerprint density at radius 3 is 2.80 bits per heavy atom. The van der Waals surface area contributed by atoms with Gasteiger partial charge in [-0.3, -0.25) is 4.79 Å². The van der Waals surface area contributed by atoms with E-state index in [1.165, 1.54) is 0 Å². The van der Waals surface area contributed by atoms with Crippen molar-refractivity contribution in [2.45, 2.75) is 25.7 Å². The smallest absolute Gasteiger partial charge is 0.254 e. The first-order valence-electron chi connectivity index (χ1n) is 6.99. The molecule has 4 heteroatoms. The molecular formula is C16H18N2O2. The van der Waals surface area contributed by atoms with Crippen LogP contribution in [0.1, 0.15) is 30.1 Å². The van der Waals surface area contributed by atoms with Gasteiger partial charge in [0, 0.05) is 23.7 Å². The quantitative estimate of drug-likeness (QED) is 0.912. The summed E-state index contributed by atoms with van der Waals surface area (Å²) in [6, 6.07) is 9.84. The molecule has 1 aromatic carbocycles. The van der Waals surface area contributed by atoms with Crippen molar-refractivity contribution in [2.75, 3.05) is 13.2 Å². The second-order valence-corrected chi connectivity index (χ2v) is 5.20. The van der Waals surface area contributed by atoms with E-state index in [4.69, 9.17) is 9.72 Å². The largest absolute Gasteiger partial charge is 0.381 e.